The molecule has 9 nitrogen and oxygen atoms in total. The Morgan fingerprint density at radius 2 is 1.69 bits per heavy atom. The van der Waals surface area contributed by atoms with E-state index in [0.29, 0.717) is 18.7 Å². The van der Waals surface area contributed by atoms with Crippen LogP contribution in [-0.2, 0) is 22.6 Å². The Kier molecular flexibility index (Phi) is 8.43. The molecule has 1 atom stereocenters. The highest BCUT2D eigenvalue weighted by molar-refractivity contribution is 5.95. The van der Waals surface area contributed by atoms with Crippen LogP contribution in [0.25, 0.3) is 0 Å². The van der Waals surface area contributed by atoms with Gasteiger partial charge in [-0.3, -0.25) is 19.4 Å². The van der Waals surface area contributed by atoms with Crippen LogP contribution < -0.4 is 5.32 Å². The number of likely N-dealkylation sites (N-methyl/N-ethyl adjacent to an activating group) is 1. The largest absolute Gasteiger partial charge is 0.463 e. The number of esters is 1. The second kappa shape index (κ2) is 11.7. The number of hydrogen-bond donors (Lipinski definition) is 1. The lowest BCUT2D eigenvalue weighted by Crippen LogP contribution is -2.53. The van der Waals surface area contributed by atoms with Crippen molar-refractivity contribution in [1.29, 1.82) is 0 Å². The van der Waals surface area contributed by atoms with Crippen molar-refractivity contribution in [2.24, 2.45) is 0 Å². The molecule has 36 heavy (non-hydrogen) atoms. The van der Waals surface area contributed by atoms with E-state index in [-0.39, 0.29) is 18.6 Å². The normalized spacial score (nSPS) is 19.5. The van der Waals surface area contributed by atoms with Gasteiger partial charge in [0.05, 0.1) is 23.9 Å². The standard InChI is InChI=1S/C27H38N6O3/c1-5-32-18-22(20(4)29-32)17-30-13-15-31(16-14-30)19-23-24(26(34)36-7-3)25(21-11-9-8-10-12-21)28-27(35)33(23)6-2/h8-12,18,25H,5-7,13-17,19H2,1-4H3,(H,28,35)/t25-/m1/s1. The predicted molar refractivity (Wildman–Crippen MR) is 138 cm³/mol. The third kappa shape index (κ3) is 5.63. The Morgan fingerprint density at radius 1 is 1.03 bits per heavy atom. The number of benzene rings is 1. The fraction of sp³-hybridized carbons (Fsp3) is 0.519. The van der Waals surface area contributed by atoms with Crippen molar-refractivity contribution in [2.45, 2.75) is 46.8 Å². The van der Waals surface area contributed by atoms with Gasteiger partial charge < -0.3 is 10.1 Å². The molecule has 2 aliphatic heterocycles. The fourth-order valence-corrected chi connectivity index (χ4v) is 4.99. The highest BCUT2D eigenvalue weighted by Crippen LogP contribution is 2.32. The van der Waals surface area contributed by atoms with Gasteiger partial charge in [0, 0.05) is 69.8 Å². The highest BCUT2D eigenvalue weighted by Gasteiger charge is 2.38. The predicted octanol–water partition coefficient (Wildman–Crippen LogP) is 2.93. The Hall–Kier alpha value is -3.17. The maximum absolute atomic E-state index is 13.2. The molecule has 0 saturated carbocycles. The summed E-state index contributed by atoms with van der Waals surface area (Å²) >= 11 is 0. The molecule has 0 radical (unpaired) electrons. The monoisotopic (exact) mass is 494 g/mol. The number of piperazine rings is 1. The molecule has 2 aromatic rings. The molecule has 2 aliphatic rings. The van der Waals surface area contributed by atoms with Crippen molar-refractivity contribution in [3.8, 4) is 0 Å². The Labute approximate surface area is 213 Å². The van der Waals surface area contributed by atoms with Gasteiger partial charge in [-0.2, -0.15) is 5.10 Å². The van der Waals surface area contributed by atoms with E-state index in [1.54, 1.807) is 11.8 Å². The summed E-state index contributed by atoms with van der Waals surface area (Å²) in [5.41, 5.74) is 4.48. The maximum atomic E-state index is 13.2. The number of rotatable bonds is 9. The summed E-state index contributed by atoms with van der Waals surface area (Å²) < 4.78 is 7.46. The molecular formula is C27H38N6O3. The summed E-state index contributed by atoms with van der Waals surface area (Å²) in [6.45, 7) is 14.5. The second-order valence-electron chi connectivity index (χ2n) is 9.27. The molecular weight excluding hydrogens is 456 g/mol. The Morgan fingerprint density at radius 3 is 2.28 bits per heavy atom. The number of carbonyl (C=O) groups excluding carboxylic acids is 2. The topological polar surface area (TPSA) is 82.9 Å². The summed E-state index contributed by atoms with van der Waals surface area (Å²) in [7, 11) is 0. The molecule has 1 aromatic heterocycles. The number of aromatic nitrogens is 2. The van der Waals surface area contributed by atoms with E-state index in [1.807, 2.05) is 41.9 Å². The number of nitrogens with zero attached hydrogens (tertiary/aromatic N) is 5. The van der Waals surface area contributed by atoms with E-state index in [1.165, 1.54) is 5.56 Å². The molecule has 0 unspecified atom stereocenters. The maximum Gasteiger partial charge on any atom is 0.338 e. The summed E-state index contributed by atoms with van der Waals surface area (Å²) in [6.07, 6.45) is 2.14. The first-order valence-corrected chi connectivity index (χ1v) is 13.0. The van der Waals surface area contributed by atoms with Gasteiger partial charge in [0.15, 0.2) is 0 Å². The van der Waals surface area contributed by atoms with E-state index < -0.39 is 6.04 Å². The molecule has 4 rings (SSSR count). The second-order valence-corrected chi connectivity index (χ2v) is 9.27. The third-order valence-electron chi connectivity index (χ3n) is 6.99. The molecule has 1 aromatic carbocycles. The SMILES string of the molecule is CCOC(=O)C1=C(CN2CCN(Cc3cn(CC)nc3C)CC2)N(CC)C(=O)N[C@@H]1c1ccccc1. The van der Waals surface area contributed by atoms with Gasteiger partial charge in [-0.15, -0.1) is 0 Å². The number of carbonyl (C=O) groups is 2. The highest BCUT2D eigenvalue weighted by atomic mass is 16.5. The van der Waals surface area contributed by atoms with E-state index in [4.69, 9.17) is 4.74 Å². The van der Waals surface area contributed by atoms with Crippen LogP contribution in [0.1, 0.15) is 43.6 Å². The molecule has 1 saturated heterocycles. The number of ether oxygens (including phenoxy) is 1. The van der Waals surface area contributed by atoms with Gasteiger partial charge in [-0.1, -0.05) is 30.3 Å². The summed E-state index contributed by atoms with van der Waals surface area (Å²) in [5.74, 6) is -0.373. The Bertz CT molecular complexity index is 1090. The molecule has 0 spiro atoms. The van der Waals surface area contributed by atoms with E-state index in [0.717, 1.165) is 56.2 Å². The van der Waals surface area contributed by atoms with Crippen LogP contribution in [0.15, 0.2) is 47.8 Å². The van der Waals surface area contributed by atoms with Gasteiger partial charge >= 0.3 is 12.0 Å². The molecule has 9 heteroatoms. The lowest BCUT2D eigenvalue weighted by Gasteiger charge is -2.40. The van der Waals surface area contributed by atoms with Crippen LogP contribution in [0.4, 0.5) is 4.79 Å². The van der Waals surface area contributed by atoms with Gasteiger partial charge in [0.2, 0.25) is 0 Å². The van der Waals surface area contributed by atoms with E-state index in [2.05, 4.69) is 40.3 Å². The zero-order valence-corrected chi connectivity index (χ0v) is 21.9. The average Bonchev–Trinajstić information content (AvgIpc) is 3.24. The smallest absolute Gasteiger partial charge is 0.338 e. The van der Waals surface area contributed by atoms with Crippen molar-refractivity contribution in [2.75, 3.05) is 45.9 Å². The van der Waals surface area contributed by atoms with Crippen molar-refractivity contribution >= 4 is 12.0 Å². The van der Waals surface area contributed by atoms with E-state index >= 15 is 0 Å². The van der Waals surface area contributed by atoms with Crippen LogP contribution in [0, 0.1) is 6.92 Å². The minimum absolute atomic E-state index is 0.184. The number of amides is 2. The minimum Gasteiger partial charge on any atom is -0.463 e. The summed E-state index contributed by atoms with van der Waals surface area (Å²) in [5, 5.41) is 7.60. The number of urea groups is 1. The average molecular weight is 495 g/mol. The summed E-state index contributed by atoms with van der Waals surface area (Å²) in [4.78, 5) is 32.8. The molecule has 194 valence electrons. The molecule has 2 amide bonds. The first kappa shape index (κ1) is 25.9. The lowest BCUT2D eigenvalue weighted by atomic mass is 9.94. The van der Waals surface area contributed by atoms with Gasteiger partial charge in [-0.25, -0.2) is 9.59 Å². The van der Waals surface area contributed by atoms with E-state index in [9.17, 15) is 9.59 Å². The van der Waals surface area contributed by atoms with Crippen LogP contribution >= 0.6 is 0 Å². The quantitative estimate of drug-likeness (QED) is 0.540. The lowest BCUT2D eigenvalue weighted by molar-refractivity contribution is -0.139. The number of nitrogens with one attached hydrogen (secondary N) is 1. The van der Waals surface area contributed by atoms with Crippen LogP contribution in [-0.4, -0.2) is 82.4 Å². The van der Waals surface area contributed by atoms with Crippen LogP contribution in [0.3, 0.4) is 0 Å². The van der Waals surface area contributed by atoms with Gasteiger partial charge in [0.1, 0.15) is 0 Å². The van der Waals surface area contributed by atoms with Crippen molar-refractivity contribution < 1.29 is 14.3 Å². The third-order valence-corrected chi connectivity index (χ3v) is 6.99. The molecule has 0 bridgehead atoms. The zero-order valence-electron chi connectivity index (χ0n) is 21.9. The van der Waals surface area contributed by atoms with Crippen LogP contribution in [0.5, 0.6) is 0 Å². The first-order chi connectivity index (χ1) is 17.4. The van der Waals surface area contributed by atoms with Gasteiger partial charge in [0.25, 0.3) is 0 Å². The van der Waals surface area contributed by atoms with Crippen LogP contribution in [0.2, 0.25) is 0 Å². The molecule has 1 N–H and O–H groups in total. The summed E-state index contributed by atoms with van der Waals surface area (Å²) in [6, 6.07) is 8.92. The van der Waals surface area contributed by atoms with Crippen molar-refractivity contribution in [3.05, 3.63) is 64.6 Å². The zero-order chi connectivity index (χ0) is 25.7. The number of hydrogen-bond acceptors (Lipinski definition) is 6. The molecule has 3 heterocycles. The minimum atomic E-state index is -0.532. The fourth-order valence-electron chi connectivity index (χ4n) is 4.99. The van der Waals surface area contributed by atoms with Gasteiger partial charge in [-0.05, 0) is 33.3 Å². The van der Waals surface area contributed by atoms with Crippen molar-refractivity contribution in [3.63, 3.8) is 0 Å². The Balaban J connectivity index is 1.54. The molecule has 1 fully saturated rings. The van der Waals surface area contributed by atoms with Crippen molar-refractivity contribution in [1.82, 2.24) is 29.8 Å². The number of aryl methyl sites for hydroxylation is 2. The molecule has 0 aliphatic carbocycles. The first-order valence-electron chi connectivity index (χ1n) is 13.0.